The third-order valence-electron chi connectivity index (χ3n) is 5.97. The van der Waals surface area contributed by atoms with Gasteiger partial charge in [0.05, 0.1) is 13.2 Å². The number of phenolic OH excluding ortho intramolecular Hbond substituents is 1. The molecule has 0 bridgehead atoms. The van der Waals surface area contributed by atoms with Crippen LogP contribution in [0.1, 0.15) is 68.9 Å². The fraction of sp³-hybridized carbons (Fsp3) is 0.684. The van der Waals surface area contributed by atoms with Gasteiger partial charge < -0.3 is 14.9 Å². The summed E-state index contributed by atoms with van der Waals surface area (Å²) in [6.07, 6.45) is 8.76. The average molecular weight is 304 g/mol. The maximum absolute atomic E-state index is 10.2. The summed E-state index contributed by atoms with van der Waals surface area (Å²) in [6.45, 7) is 2.24. The van der Waals surface area contributed by atoms with Crippen LogP contribution >= 0.6 is 0 Å². The highest BCUT2D eigenvalue weighted by Gasteiger charge is 2.38. The zero-order valence-corrected chi connectivity index (χ0v) is 13.8. The first-order valence-corrected chi connectivity index (χ1v) is 8.61. The second-order valence-electron chi connectivity index (χ2n) is 7.41. The van der Waals surface area contributed by atoms with Gasteiger partial charge in [0.15, 0.2) is 11.5 Å². The number of aromatic hydroxyl groups is 1. The first-order chi connectivity index (χ1) is 10.5. The molecule has 3 nitrogen and oxygen atoms in total. The molecule has 1 fully saturated rings. The first kappa shape index (κ1) is 15.7. The molecule has 122 valence electrons. The van der Waals surface area contributed by atoms with Gasteiger partial charge in [-0.2, -0.15) is 0 Å². The summed E-state index contributed by atoms with van der Waals surface area (Å²) in [7, 11) is 1.61. The van der Waals surface area contributed by atoms with Crippen LogP contribution in [0.3, 0.4) is 0 Å². The maximum atomic E-state index is 10.2. The van der Waals surface area contributed by atoms with Gasteiger partial charge >= 0.3 is 0 Å². The van der Waals surface area contributed by atoms with Crippen LogP contribution in [0.15, 0.2) is 12.1 Å². The lowest BCUT2D eigenvalue weighted by atomic mass is 9.74. The van der Waals surface area contributed by atoms with E-state index in [0.717, 1.165) is 38.5 Å². The van der Waals surface area contributed by atoms with Gasteiger partial charge in [0.1, 0.15) is 0 Å². The Kier molecular flexibility index (Phi) is 4.35. The predicted molar refractivity (Wildman–Crippen MR) is 87.5 cm³/mol. The molecule has 0 heterocycles. The second kappa shape index (κ2) is 6.11. The molecule has 22 heavy (non-hydrogen) atoms. The van der Waals surface area contributed by atoms with E-state index < -0.39 is 0 Å². The Hall–Kier alpha value is -1.22. The molecule has 0 radical (unpaired) electrons. The van der Waals surface area contributed by atoms with Crippen molar-refractivity contribution >= 4 is 0 Å². The third-order valence-corrected chi connectivity index (χ3v) is 5.97. The Labute approximate surface area is 133 Å². The summed E-state index contributed by atoms with van der Waals surface area (Å²) in [5.74, 6) is 1.36. The van der Waals surface area contributed by atoms with Gasteiger partial charge in [-0.05, 0) is 79.5 Å². The van der Waals surface area contributed by atoms with Gasteiger partial charge in [0, 0.05) is 0 Å². The average Bonchev–Trinajstić information content (AvgIpc) is 2.84. The highest BCUT2D eigenvalue weighted by atomic mass is 16.5. The largest absolute Gasteiger partial charge is 0.504 e. The standard InChI is InChI=1S/C19H28O3/c1-19(9-4-7-18(19)21)10-8-13-5-3-6-14-11-16(20)17(22-2)12-15(13)14/h11-13,18,20-21H,3-10H2,1-2H3. The van der Waals surface area contributed by atoms with Crippen LogP contribution in [0.25, 0.3) is 0 Å². The molecule has 0 spiro atoms. The number of aliphatic hydroxyl groups is 1. The zero-order valence-electron chi connectivity index (χ0n) is 13.8. The third kappa shape index (κ3) is 2.83. The van der Waals surface area contributed by atoms with E-state index in [2.05, 4.69) is 6.92 Å². The van der Waals surface area contributed by atoms with Crippen molar-refractivity contribution in [2.75, 3.05) is 7.11 Å². The van der Waals surface area contributed by atoms with Crippen molar-refractivity contribution in [3.63, 3.8) is 0 Å². The van der Waals surface area contributed by atoms with Crippen LogP contribution in [-0.2, 0) is 6.42 Å². The Morgan fingerprint density at radius 2 is 2.09 bits per heavy atom. The highest BCUT2D eigenvalue weighted by Crippen LogP contribution is 2.46. The van der Waals surface area contributed by atoms with Crippen molar-refractivity contribution in [3.8, 4) is 11.5 Å². The Morgan fingerprint density at radius 3 is 2.77 bits per heavy atom. The van der Waals surface area contributed by atoms with Gasteiger partial charge in [-0.3, -0.25) is 0 Å². The van der Waals surface area contributed by atoms with E-state index in [1.54, 1.807) is 7.11 Å². The first-order valence-electron chi connectivity index (χ1n) is 8.61. The van der Waals surface area contributed by atoms with E-state index in [-0.39, 0.29) is 17.3 Å². The quantitative estimate of drug-likeness (QED) is 0.878. The molecule has 3 atom stereocenters. The molecule has 1 saturated carbocycles. The molecule has 2 N–H and O–H groups in total. The van der Waals surface area contributed by atoms with Gasteiger partial charge in [0.25, 0.3) is 0 Å². The number of ether oxygens (including phenoxy) is 1. The van der Waals surface area contributed by atoms with Crippen LogP contribution in [0.4, 0.5) is 0 Å². The van der Waals surface area contributed by atoms with Gasteiger partial charge in [-0.1, -0.05) is 13.3 Å². The van der Waals surface area contributed by atoms with Crippen molar-refractivity contribution in [3.05, 3.63) is 23.3 Å². The van der Waals surface area contributed by atoms with Crippen molar-refractivity contribution in [1.29, 1.82) is 0 Å². The number of fused-ring (bicyclic) bond motifs is 1. The topological polar surface area (TPSA) is 49.7 Å². The van der Waals surface area contributed by atoms with Crippen LogP contribution in [0.5, 0.6) is 11.5 Å². The van der Waals surface area contributed by atoms with E-state index in [1.165, 1.54) is 24.0 Å². The Morgan fingerprint density at radius 1 is 1.27 bits per heavy atom. The SMILES string of the molecule is COc1cc2c(cc1O)CCCC2CCC1(C)CCCC1O. The van der Waals surface area contributed by atoms with E-state index in [1.807, 2.05) is 12.1 Å². The van der Waals surface area contributed by atoms with Crippen LogP contribution in [0.2, 0.25) is 0 Å². The smallest absolute Gasteiger partial charge is 0.160 e. The summed E-state index contributed by atoms with van der Waals surface area (Å²) in [5, 5.41) is 20.2. The fourth-order valence-electron chi connectivity index (χ4n) is 4.39. The molecule has 1 aromatic rings. The van der Waals surface area contributed by atoms with Crippen molar-refractivity contribution < 1.29 is 14.9 Å². The lowest BCUT2D eigenvalue weighted by Crippen LogP contribution is -2.27. The van der Waals surface area contributed by atoms with Crippen molar-refractivity contribution in [2.45, 2.75) is 70.3 Å². The fourth-order valence-corrected chi connectivity index (χ4v) is 4.39. The Bertz CT molecular complexity index is 540. The van der Waals surface area contributed by atoms with Gasteiger partial charge in [-0.15, -0.1) is 0 Å². The number of hydrogen-bond acceptors (Lipinski definition) is 3. The molecule has 0 aliphatic heterocycles. The van der Waals surface area contributed by atoms with E-state index in [9.17, 15) is 10.2 Å². The summed E-state index contributed by atoms with van der Waals surface area (Å²) in [6, 6.07) is 3.91. The molecular weight excluding hydrogens is 276 g/mol. The van der Waals surface area contributed by atoms with Crippen molar-refractivity contribution in [1.82, 2.24) is 0 Å². The minimum Gasteiger partial charge on any atom is -0.504 e. The normalized spacial score (nSPS) is 31.0. The van der Waals surface area contributed by atoms with Crippen LogP contribution in [0, 0.1) is 5.41 Å². The highest BCUT2D eigenvalue weighted by molar-refractivity contribution is 5.48. The molecule has 2 aliphatic carbocycles. The van der Waals surface area contributed by atoms with Crippen LogP contribution < -0.4 is 4.74 Å². The zero-order chi connectivity index (χ0) is 15.7. The number of phenols is 1. The lowest BCUT2D eigenvalue weighted by Gasteiger charge is -2.32. The summed E-state index contributed by atoms with van der Waals surface area (Å²) < 4.78 is 5.28. The maximum Gasteiger partial charge on any atom is 0.160 e. The van der Waals surface area contributed by atoms with E-state index in [0.29, 0.717) is 11.7 Å². The monoisotopic (exact) mass is 304 g/mol. The summed E-state index contributed by atoms with van der Waals surface area (Å²) in [5.41, 5.74) is 2.71. The number of methoxy groups -OCH3 is 1. The lowest BCUT2D eigenvalue weighted by molar-refractivity contribution is 0.0563. The Balaban J connectivity index is 1.77. The van der Waals surface area contributed by atoms with Gasteiger partial charge in [0.2, 0.25) is 0 Å². The number of aryl methyl sites for hydroxylation is 1. The van der Waals surface area contributed by atoms with Gasteiger partial charge in [-0.25, -0.2) is 0 Å². The van der Waals surface area contributed by atoms with Crippen molar-refractivity contribution in [2.24, 2.45) is 5.41 Å². The predicted octanol–water partition coefficient (Wildman–Crippen LogP) is 4.15. The number of hydrogen-bond donors (Lipinski definition) is 2. The molecule has 2 aliphatic rings. The number of rotatable bonds is 4. The summed E-state index contributed by atoms with van der Waals surface area (Å²) >= 11 is 0. The molecular formula is C19H28O3. The molecule has 1 aromatic carbocycles. The molecule has 0 aromatic heterocycles. The molecule has 3 heteroatoms. The number of benzene rings is 1. The minimum atomic E-state index is -0.134. The van der Waals surface area contributed by atoms with E-state index >= 15 is 0 Å². The number of aliphatic hydroxyl groups excluding tert-OH is 1. The second-order valence-corrected chi connectivity index (χ2v) is 7.41. The minimum absolute atomic E-state index is 0.0958. The summed E-state index contributed by atoms with van der Waals surface area (Å²) in [4.78, 5) is 0. The van der Waals surface area contributed by atoms with Crippen LogP contribution in [-0.4, -0.2) is 23.4 Å². The molecule has 0 saturated heterocycles. The van der Waals surface area contributed by atoms with E-state index in [4.69, 9.17) is 4.74 Å². The molecule has 0 amide bonds. The molecule has 3 unspecified atom stereocenters. The molecule has 3 rings (SSSR count).